The zero-order valence-corrected chi connectivity index (χ0v) is 21.2. The van der Waals surface area contributed by atoms with E-state index in [4.69, 9.17) is 0 Å². The van der Waals surface area contributed by atoms with Crippen molar-refractivity contribution >= 4 is 66.7 Å². The number of aromatic nitrogens is 2. The first kappa shape index (κ1) is 19.9. The third-order valence-corrected chi connectivity index (χ3v) is 8.82. The summed E-state index contributed by atoms with van der Waals surface area (Å²) in [5.41, 5.74) is 13.6. The van der Waals surface area contributed by atoms with E-state index in [1.165, 1.54) is 76.9 Å². The van der Waals surface area contributed by atoms with Crippen molar-refractivity contribution in [2.45, 2.75) is 26.2 Å². The molecule has 5 aromatic carbocycles. The highest BCUT2D eigenvalue weighted by Gasteiger charge is 2.41. The SMILES string of the molecule is CC(C)(C)c1cc2c3c4c1c1ccccc1n4-c1ccccc1B3c1cccc3c4ccccc4n-2c13. The third kappa shape index (κ3) is 2.21. The van der Waals surface area contributed by atoms with E-state index >= 15 is 0 Å². The van der Waals surface area contributed by atoms with Crippen LogP contribution in [0.1, 0.15) is 26.3 Å². The largest absolute Gasteiger partial charge is 0.310 e. The van der Waals surface area contributed by atoms with Gasteiger partial charge in [-0.05, 0) is 51.6 Å². The van der Waals surface area contributed by atoms with E-state index in [1.807, 2.05) is 0 Å². The second-order valence-corrected chi connectivity index (χ2v) is 11.8. The Kier molecular flexibility index (Phi) is 3.42. The molecule has 0 fully saturated rings. The van der Waals surface area contributed by atoms with Gasteiger partial charge >= 0.3 is 0 Å². The van der Waals surface area contributed by atoms with E-state index in [0.717, 1.165) is 0 Å². The fraction of sp³-hybridized carbons (Fsp3) is 0.118. The molecule has 0 unspecified atom stereocenters. The molecular formula is C34H25BN2. The van der Waals surface area contributed by atoms with Crippen molar-refractivity contribution in [3.63, 3.8) is 0 Å². The van der Waals surface area contributed by atoms with Gasteiger partial charge in [0.05, 0.1) is 16.6 Å². The maximum absolute atomic E-state index is 2.57. The van der Waals surface area contributed by atoms with Gasteiger partial charge in [0.25, 0.3) is 6.71 Å². The first-order valence-corrected chi connectivity index (χ1v) is 13.3. The zero-order chi connectivity index (χ0) is 24.6. The maximum Gasteiger partial charge on any atom is 0.252 e. The number of benzene rings is 5. The quantitative estimate of drug-likeness (QED) is 0.229. The lowest BCUT2D eigenvalue weighted by molar-refractivity contribution is 0.596. The van der Waals surface area contributed by atoms with Crippen molar-refractivity contribution in [2.24, 2.45) is 0 Å². The Bertz CT molecular complexity index is 2130. The summed E-state index contributed by atoms with van der Waals surface area (Å²) in [6, 6.07) is 36.4. The topological polar surface area (TPSA) is 9.86 Å². The Balaban J connectivity index is 1.65. The van der Waals surface area contributed by atoms with Crippen molar-refractivity contribution in [3.8, 4) is 11.4 Å². The van der Waals surface area contributed by atoms with Gasteiger partial charge in [0.15, 0.2) is 0 Å². The molecule has 2 aliphatic rings. The van der Waals surface area contributed by atoms with E-state index in [1.54, 1.807) is 0 Å². The molecule has 2 aromatic heterocycles. The lowest BCUT2D eigenvalue weighted by Gasteiger charge is -2.35. The number of fused-ring (bicyclic) bond motifs is 11. The number of hydrogen-bond acceptors (Lipinski definition) is 0. The Morgan fingerprint density at radius 1 is 0.568 bits per heavy atom. The molecule has 174 valence electrons. The average molecular weight is 472 g/mol. The highest BCUT2D eigenvalue weighted by Crippen LogP contribution is 2.43. The predicted molar refractivity (Wildman–Crippen MR) is 158 cm³/mol. The molecule has 2 nitrogen and oxygen atoms in total. The van der Waals surface area contributed by atoms with Gasteiger partial charge in [0.2, 0.25) is 0 Å². The summed E-state index contributed by atoms with van der Waals surface area (Å²) in [6.07, 6.45) is 0. The highest BCUT2D eigenvalue weighted by atomic mass is 15.0. The monoisotopic (exact) mass is 472 g/mol. The molecule has 0 atom stereocenters. The van der Waals surface area contributed by atoms with Crippen molar-refractivity contribution in [1.82, 2.24) is 9.13 Å². The van der Waals surface area contributed by atoms with Crippen LogP contribution in [0.15, 0.2) is 97.1 Å². The number of para-hydroxylation sites is 4. The van der Waals surface area contributed by atoms with E-state index in [-0.39, 0.29) is 12.1 Å². The molecule has 4 heterocycles. The van der Waals surface area contributed by atoms with Crippen LogP contribution in [0.5, 0.6) is 0 Å². The van der Waals surface area contributed by atoms with E-state index in [2.05, 4.69) is 127 Å². The second-order valence-electron chi connectivity index (χ2n) is 11.8. The number of hydrogen-bond donors (Lipinski definition) is 0. The molecule has 3 heteroatoms. The van der Waals surface area contributed by atoms with Crippen LogP contribution in [0.3, 0.4) is 0 Å². The molecule has 0 amide bonds. The standard InChI is InChI=1S/C34H25BN2/c1-34(2,3)23-19-29-31-33-30(23)22-12-5-8-17-27(22)36(33)28-18-9-6-14-24(28)35(31)25-15-10-13-21-20-11-4-7-16-26(20)37(29)32(21)25/h4-19H,1-3H3. The summed E-state index contributed by atoms with van der Waals surface area (Å²) >= 11 is 0. The Morgan fingerprint density at radius 2 is 1.19 bits per heavy atom. The van der Waals surface area contributed by atoms with Gasteiger partial charge in [-0.25, -0.2) is 0 Å². The summed E-state index contributed by atoms with van der Waals surface area (Å²) in [4.78, 5) is 0. The average Bonchev–Trinajstić information content (AvgIpc) is 3.44. The van der Waals surface area contributed by atoms with Gasteiger partial charge in [0.1, 0.15) is 0 Å². The fourth-order valence-electron chi connectivity index (χ4n) is 7.43. The van der Waals surface area contributed by atoms with Crippen molar-refractivity contribution in [2.75, 3.05) is 0 Å². The molecule has 37 heavy (non-hydrogen) atoms. The smallest absolute Gasteiger partial charge is 0.252 e. The Labute approximate surface area is 215 Å². The normalized spacial score (nSPS) is 13.8. The molecule has 0 saturated heterocycles. The minimum absolute atomic E-state index is 0.00448. The summed E-state index contributed by atoms with van der Waals surface area (Å²) < 4.78 is 5.12. The van der Waals surface area contributed by atoms with Gasteiger partial charge in [0, 0.05) is 38.4 Å². The highest BCUT2D eigenvalue weighted by molar-refractivity contribution is 7.00. The van der Waals surface area contributed by atoms with Gasteiger partial charge in [-0.1, -0.05) is 93.6 Å². The molecule has 0 radical (unpaired) electrons. The van der Waals surface area contributed by atoms with Crippen LogP contribution in [0, 0.1) is 0 Å². The zero-order valence-electron chi connectivity index (χ0n) is 21.2. The van der Waals surface area contributed by atoms with Crippen LogP contribution >= 0.6 is 0 Å². The van der Waals surface area contributed by atoms with Crippen LogP contribution in [0.2, 0.25) is 0 Å². The molecule has 0 saturated carbocycles. The minimum atomic E-state index is -0.00448. The van der Waals surface area contributed by atoms with Gasteiger partial charge in [-0.15, -0.1) is 0 Å². The minimum Gasteiger partial charge on any atom is -0.310 e. The second kappa shape index (κ2) is 6.36. The fourth-order valence-corrected chi connectivity index (χ4v) is 7.43. The molecule has 9 rings (SSSR count). The van der Waals surface area contributed by atoms with Gasteiger partial charge in [-0.2, -0.15) is 0 Å². The van der Waals surface area contributed by atoms with Crippen LogP contribution in [0.4, 0.5) is 0 Å². The Hall–Kier alpha value is -4.24. The van der Waals surface area contributed by atoms with Crippen molar-refractivity contribution < 1.29 is 0 Å². The first-order chi connectivity index (χ1) is 18.0. The van der Waals surface area contributed by atoms with Crippen molar-refractivity contribution in [1.29, 1.82) is 0 Å². The molecule has 0 N–H and O–H groups in total. The van der Waals surface area contributed by atoms with E-state index < -0.39 is 0 Å². The molecule has 0 bridgehead atoms. The predicted octanol–water partition coefficient (Wildman–Crippen LogP) is 6.32. The third-order valence-electron chi connectivity index (χ3n) is 8.82. The number of rotatable bonds is 0. The Morgan fingerprint density at radius 3 is 2.00 bits per heavy atom. The molecule has 2 aliphatic heterocycles. The van der Waals surface area contributed by atoms with Crippen LogP contribution in [-0.2, 0) is 5.41 Å². The van der Waals surface area contributed by atoms with E-state index in [0.29, 0.717) is 0 Å². The molecule has 0 aliphatic carbocycles. The van der Waals surface area contributed by atoms with Crippen LogP contribution in [0.25, 0.3) is 55.0 Å². The lowest BCUT2D eigenvalue weighted by atomic mass is 9.34. The number of nitrogens with zero attached hydrogens (tertiary/aromatic N) is 2. The maximum atomic E-state index is 2.57. The van der Waals surface area contributed by atoms with Gasteiger partial charge in [-0.3, -0.25) is 0 Å². The van der Waals surface area contributed by atoms with Crippen molar-refractivity contribution in [3.05, 3.63) is 103 Å². The molecule has 0 spiro atoms. The lowest BCUT2D eigenvalue weighted by Crippen LogP contribution is -2.59. The van der Waals surface area contributed by atoms with Crippen LogP contribution < -0.4 is 16.4 Å². The molecular weight excluding hydrogens is 447 g/mol. The summed E-state index contributed by atoms with van der Waals surface area (Å²) in [5, 5.41) is 5.44. The summed E-state index contributed by atoms with van der Waals surface area (Å²) in [7, 11) is 0. The summed E-state index contributed by atoms with van der Waals surface area (Å²) in [5.74, 6) is 0. The first-order valence-electron chi connectivity index (χ1n) is 13.3. The molecule has 7 aromatic rings. The summed E-state index contributed by atoms with van der Waals surface area (Å²) in [6.45, 7) is 7.28. The van der Waals surface area contributed by atoms with Crippen LogP contribution in [-0.4, -0.2) is 15.8 Å². The van der Waals surface area contributed by atoms with E-state index in [9.17, 15) is 0 Å². The van der Waals surface area contributed by atoms with Gasteiger partial charge < -0.3 is 9.13 Å².